The molecule has 0 radical (unpaired) electrons. The van der Waals surface area contributed by atoms with Crippen LogP contribution in [0.25, 0.3) is 0 Å². The van der Waals surface area contributed by atoms with Gasteiger partial charge in [0.15, 0.2) is 16.3 Å². The van der Waals surface area contributed by atoms with Crippen molar-refractivity contribution in [2.24, 2.45) is 4.99 Å². The standard InChI is InChI=1S/C24H25N3O4S/c1-30-20-10-9-19(15-21(20)31-2)22(28)25-24-27(13-14-32-24)16-17-5-7-18(8-6-17)23(29)26-11-3-4-12-26/h5-10,13-15H,3-4,11-12,16H2,1-2H3. The number of carbonyl (C=O) groups excluding carboxylic acids is 2. The number of rotatable bonds is 6. The molecule has 1 aliphatic rings. The third-order valence-corrected chi connectivity index (χ3v) is 6.23. The summed E-state index contributed by atoms with van der Waals surface area (Å²) in [6, 6.07) is 12.6. The quantitative estimate of drug-likeness (QED) is 0.574. The maximum atomic E-state index is 12.7. The maximum absolute atomic E-state index is 12.7. The van der Waals surface area contributed by atoms with Gasteiger partial charge in [-0.1, -0.05) is 12.1 Å². The summed E-state index contributed by atoms with van der Waals surface area (Å²) in [5.74, 6) is 0.778. The molecule has 2 amide bonds. The molecule has 0 spiro atoms. The molecular weight excluding hydrogens is 426 g/mol. The number of amides is 2. The summed E-state index contributed by atoms with van der Waals surface area (Å²) < 4.78 is 12.4. The molecule has 2 aromatic carbocycles. The van der Waals surface area contributed by atoms with Crippen molar-refractivity contribution in [2.45, 2.75) is 19.4 Å². The van der Waals surface area contributed by atoms with E-state index in [4.69, 9.17) is 9.47 Å². The minimum atomic E-state index is -0.353. The monoisotopic (exact) mass is 451 g/mol. The molecule has 166 valence electrons. The minimum absolute atomic E-state index is 0.0911. The van der Waals surface area contributed by atoms with Crippen LogP contribution in [0.5, 0.6) is 11.5 Å². The third-order valence-electron chi connectivity index (χ3n) is 5.43. The summed E-state index contributed by atoms with van der Waals surface area (Å²) in [4.78, 5) is 32.0. The number of carbonyl (C=O) groups is 2. The predicted molar refractivity (Wildman–Crippen MR) is 122 cm³/mol. The lowest BCUT2D eigenvalue weighted by Crippen LogP contribution is -2.27. The van der Waals surface area contributed by atoms with E-state index in [1.165, 1.54) is 18.4 Å². The summed E-state index contributed by atoms with van der Waals surface area (Å²) >= 11 is 1.39. The first kappa shape index (κ1) is 21.8. The van der Waals surface area contributed by atoms with Gasteiger partial charge in [0.25, 0.3) is 11.8 Å². The number of nitrogens with zero attached hydrogens (tertiary/aromatic N) is 3. The molecule has 1 saturated heterocycles. The molecule has 2 heterocycles. The first-order chi connectivity index (χ1) is 15.6. The second-order valence-electron chi connectivity index (χ2n) is 7.50. The van der Waals surface area contributed by atoms with Crippen molar-refractivity contribution in [1.29, 1.82) is 0 Å². The van der Waals surface area contributed by atoms with Crippen LogP contribution in [0.2, 0.25) is 0 Å². The number of aromatic nitrogens is 1. The Hall–Kier alpha value is -3.39. The molecule has 32 heavy (non-hydrogen) atoms. The molecule has 7 nitrogen and oxygen atoms in total. The predicted octanol–water partition coefficient (Wildman–Crippen LogP) is 3.59. The number of ether oxygens (including phenoxy) is 2. The van der Waals surface area contributed by atoms with Crippen molar-refractivity contribution in [1.82, 2.24) is 9.47 Å². The van der Waals surface area contributed by atoms with Gasteiger partial charge in [-0.25, -0.2) is 0 Å². The zero-order valence-corrected chi connectivity index (χ0v) is 18.9. The summed E-state index contributed by atoms with van der Waals surface area (Å²) in [5, 5.41) is 1.89. The summed E-state index contributed by atoms with van der Waals surface area (Å²) in [5.41, 5.74) is 2.16. The molecule has 1 aliphatic heterocycles. The van der Waals surface area contributed by atoms with Crippen LogP contribution >= 0.6 is 11.3 Å². The Kier molecular flexibility index (Phi) is 6.70. The van der Waals surface area contributed by atoms with Gasteiger partial charge in [0, 0.05) is 42.3 Å². The zero-order valence-electron chi connectivity index (χ0n) is 18.1. The van der Waals surface area contributed by atoms with Crippen molar-refractivity contribution in [3.05, 3.63) is 75.5 Å². The van der Waals surface area contributed by atoms with Gasteiger partial charge in [0.2, 0.25) is 0 Å². The Morgan fingerprint density at radius 2 is 1.66 bits per heavy atom. The Balaban J connectivity index is 1.50. The Bertz CT molecular complexity index is 1170. The van der Waals surface area contributed by atoms with E-state index in [0.29, 0.717) is 34.0 Å². The van der Waals surface area contributed by atoms with Crippen LogP contribution in [0.15, 0.2) is 59.0 Å². The highest BCUT2D eigenvalue weighted by atomic mass is 32.1. The Morgan fingerprint density at radius 3 is 2.34 bits per heavy atom. The highest BCUT2D eigenvalue weighted by Crippen LogP contribution is 2.27. The molecule has 4 rings (SSSR count). The molecule has 0 saturated carbocycles. The minimum Gasteiger partial charge on any atom is -0.493 e. The first-order valence-electron chi connectivity index (χ1n) is 10.4. The van der Waals surface area contributed by atoms with Gasteiger partial charge in [0.1, 0.15) is 0 Å². The van der Waals surface area contributed by atoms with Gasteiger partial charge < -0.3 is 18.9 Å². The lowest BCUT2D eigenvalue weighted by atomic mass is 10.1. The van der Waals surface area contributed by atoms with Crippen molar-refractivity contribution >= 4 is 23.2 Å². The van der Waals surface area contributed by atoms with Gasteiger partial charge in [-0.3, -0.25) is 9.59 Å². The van der Waals surface area contributed by atoms with Crippen molar-refractivity contribution in [3.8, 4) is 11.5 Å². The summed E-state index contributed by atoms with van der Waals surface area (Å²) in [7, 11) is 3.08. The van der Waals surface area contributed by atoms with Crippen LogP contribution in [0, 0.1) is 0 Å². The fraction of sp³-hybridized carbons (Fsp3) is 0.292. The van der Waals surface area contributed by atoms with Crippen LogP contribution in [0.1, 0.15) is 39.1 Å². The SMILES string of the molecule is COc1ccc(C(=O)N=c2sccn2Cc2ccc(C(=O)N3CCCC3)cc2)cc1OC. The molecule has 3 aromatic rings. The number of methoxy groups -OCH3 is 2. The molecule has 0 aliphatic carbocycles. The Morgan fingerprint density at radius 1 is 0.969 bits per heavy atom. The van der Waals surface area contributed by atoms with Crippen LogP contribution < -0.4 is 14.3 Å². The fourth-order valence-corrected chi connectivity index (χ4v) is 4.41. The average molecular weight is 452 g/mol. The number of benzene rings is 2. The third kappa shape index (κ3) is 4.75. The first-order valence-corrected chi connectivity index (χ1v) is 11.3. The van der Waals surface area contributed by atoms with E-state index >= 15 is 0 Å². The topological polar surface area (TPSA) is 73.1 Å². The van der Waals surface area contributed by atoms with Crippen LogP contribution in [0.3, 0.4) is 0 Å². The average Bonchev–Trinajstić information content (AvgIpc) is 3.51. The van der Waals surface area contributed by atoms with Gasteiger partial charge in [-0.05, 0) is 48.7 Å². The molecular formula is C24H25N3O4S. The number of likely N-dealkylation sites (tertiary alicyclic amines) is 1. The number of hydrogen-bond donors (Lipinski definition) is 0. The van der Waals surface area contributed by atoms with E-state index in [2.05, 4.69) is 4.99 Å². The maximum Gasteiger partial charge on any atom is 0.279 e. The van der Waals surface area contributed by atoms with Crippen LogP contribution in [0.4, 0.5) is 0 Å². The fourth-order valence-electron chi connectivity index (χ4n) is 3.68. The lowest BCUT2D eigenvalue weighted by molar-refractivity contribution is 0.0792. The molecule has 8 heteroatoms. The van der Waals surface area contributed by atoms with Gasteiger partial charge in [0.05, 0.1) is 14.2 Å². The van der Waals surface area contributed by atoms with Crippen LogP contribution in [-0.2, 0) is 6.54 Å². The summed E-state index contributed by atoms with van der Waals surface area (Å²) in [6.07, 6.45) is 4.05. The smallest absolute Gasteiger partial charge is 0.279 e. The largest absolute Gasteiger partial charge is 0.493 e. The molecule has 1 aromatic heterocycles. The van der Waals surface area contributed by atoms with Crippen molar-refractivity contribution in [3.63, 3.8) is 0 Å². The van der Waals surface area contributed by atoms with E-state index in [9.17, 15) is 9.59 Å². The van der Waals surface area contributed by atoms with E-state index in [-0.39, 0.29) is 11.8 Å². The van der Waals surface area contributed by atoms with Gasteiger partial charge >= 0.3 is 0 Å². The van der Waals surface area contributed by atoms with Crippen LogP contribution in [-0.4, -0.2) is 48.6 Å². The lowest BCUT2D eigenvalue weighted by Gasteiger charge is -2.15. The van der Waals surface area contributed by atoms with E-state index in [1.54, 1.807) is 25.3 Å². The summed E-state index contributed by atoms with van der Waals surface area (Å²) in [6.45, 7) is 2.23. The second kappa shape index (κ2) is 9.82. The zero-order chi connectivity index (χ0) is 22.5. The van der Waals surface area contributed by atoms with Gasteiger partial charge in [-0.15, -0.1) is 11.3 Å². The molecule has 0 atom stereocenters. The van der Waals surface area contributed by atoms with Crippen molar-refractivity contribution < 1.29 is 19.1 Å². The number of thiazole rings is 1. The Labute approximate surface area is 190 Å². The van der Waals surface area contributed by atoms with E-state index in [0.717, 1.165) is 31.5 Å². The molecule has 0 bridgehead atoms. The van der Waals surface area contributed by atoms with Gasteiger partial charge in [-0.2, -0.15) is 4.99 Å². The molecule has 0 unspecified atom stereocenters. The molecule has 1 fully saturated rings. The second-order valence-corrected chi connectivity index (χ2v) is 8.37. The van der Waals surface area contributed by atoms with E-state index in [1.807, 2.05) is 45.3 Å². The highest BCUT2D eigenvalue weighted by molar-refractivity contribution is 7.07. The molecule has 0 N–H and O–H groups in total. The number of hydrogen-bond acceptors (Lipinski definition) is 5. The van der Waals surface area contributed by atoms with E-state index < -0.39 is 0 Å². The highest BCUT2D eigenvalue weighted by Gasteiger charge is 2.19. The normalized spacial score (nSPS) is 13.9. The van der Waals surface area contributed by atoms with Crippen molar-refractivity contribution in [2.75, 3.05) is 27.3 Å².